The Bertz CT molecular complexity index is 1110. The van der Waals surface area contributed by atoms with Crippen molar-refractivity contribution in [3.63, 3.8) is 0 Å². The highest BCUT2D eigenvalue weighted by molar-refractivity contribution is 7.11. The fourth-order valence-electron chi connectivity index (χ4n) is 4.90. The fraction of sp³-hybridized carbons (Fsp3) is 0.440. The van der Waals surface area contributed by atoms with Gasteiger partial charge >= 0.3 is 0 Å². The minimum Gasteiger partial charge on any atom is -0.356 e. The Morgan fingerprint density at radius 2 is 1.94 bits per heavy atom. The van der Waals surface area contributed by atoms with Gasteiger partial charge in [0.25, 0.3) is 5.91 Å². The molecule has 3 aromatic rings. The maximum Gasteiger partial charge on any atom is 0.266 e. The first-order valence-corrected chi connectivity index (χ1v) is 12.4. The molecule has 0 radical (unpaired) electrons. The van der Waals surface area contributed by atoms with Crippen LogP contribution >= 0.6 is 11.3 Å². The van der Waals surface area contributed by atoms with Gasteiger partial charge in [0.05, 0.1) is 17.2 Å². The topological polar surface area (TPSA) is 62.2 Å². The molecule has 0 N–H and O–H groups in total. The fourth-order valence-corrected chi connectivity index (χ4v) is 5.66. The molecule has 4 heterocycles. The van der Waals surface area contributed by atoms with Gasteiger partial charge in [0, 0.05) is 30.9 Å². The average molecular weight is 448 g/mol. The zero-order valence-corrected chi connectivity index (χ0v) is 19.6. The Morgan fingerprint density at radius 3 is 2.72 bits per heavy atom. The number of rotatable bonds is 5. The predicted octanol–water partition coefficient (Wildman–Crippen LogP) is 4.52. The summed E-state index contributed by atoms with van der Waals surface area (Å²) in [7, 11) is 0. The van der Waals surface area contributed by atoms with Crippen LogP contribution in [-0.2, 0) is 12.8 Å². The van der Waals surface area contributed by atoms with E-state index in [4.69, 9.17) is 9.97 Å². The first-order chi connectivity index (χ1) is 15.6. The van der Waals surface area contributed by atoms with E-state index in [0.717, 1.165) is 79.6 Å². The lowest BCUT2D eigenvalue weighted by atomic mass is 10.0. The van der Waals surface area contributed by atoms with E-state index in [1.807, 2.05) is 11.8 Å². The molecular weight excluding hydrogens is 418 g/mol. The lowest BCUT2D eigenvalue weighted by Crippen LogP contribution is -2.35. The van der Waals surface area contributed by atoms with Gasteiger partial charge in [0.2, 0.25) is 0 Å². The number of carbonyl (C=O) groups is 1. The number of aryl methyl sites for hydroxylation is 2. The molecule has 1 saturated heterocycles. The van der Waals surface area contributed by atoms with Crippen molar-refractivity contribution < 1.29 is 4.79 Å². The van der Waals surface area contributed by atoms with Gasteiger partial charge in [-0.2, -0.15) is 0 Å². The van der Waals surface area contributed by atoms with Crippen molar-refractivity contribution in [3.05, 3.63) is 69.1 Å². The van der Waals surface area contributed by atoms with E-state index in [1.54, 1.807) is 5.51 Å². The minimum absolute atomic E-state index is 0.0624. The maximum absolute atomic E-state index is 13.2. The van der Waals surface area contributed by atoms with Crippen LogP contribution in [0.1, 0.15) is 63.3 Å². The smallest absolute Gasteiger partial charge is 0.266 e. The molecule has 0 saturated carbocycles. The summed E-state index contributed by atoms with van der Waals surface area (Å²) < 4.78 is 0. The van der Waals surface area contributed by atoms with Gasteiger partial charge in [-0.1, -0.05) is 30.3 Å². The molecule has 32 heavy (non-hydrogen) atoms. The number of nitrogens with zero attached hydrogens (tertiary/aromatic N) is 5. The molecule has 1 atom stereocenters. The van der Waals surface area contributed by atoms with Crippen LogP contribution < -0.4 is 4.90 Å². The number of amides is 1. The highest BCUT2D eigenvalue weighted by atomic mass is 32.1. The Labute approximate surface area is 193 Å². The summed E-state index contributed by atoms with van der Waals surface area (Å²) in [5.74, 6) is 1.93. The molecule has 0 aliphatic carbocycles. The third kappa shape index (κ3) is 4.01. The van der Waals surface area contributed by atoms with Crippen molar-refractivity contribution >= 4 is 23.1 Å². The van der Waals surface area contributed by atoms with E-state index in [0.29, 0.717) is 0 Å². The standard InChI is InChI=1S/C25H29N5OS/c1-17-20-10-6-13-29(15-12-19-8-4-3-5-9-19)24(20)28-23(27-17)21-11-7-14-30(21)25(31)22-18(2)26-16-32-22/h3-5,8-9,16,21H,6-7,10-15H2,1-2H3. The van der Waals surface area contributed by atoms with Crippen LogP contribution in [0.15, 0.2) is 35.8 Å². The maximum atomic E-state index is 13.2. The number of thiazole rings is 1. The van der Waals surface area contributed by atoms with Crippen molar-refractivity contribution in [2.75, 3.05) is 24.5 Å². The van der Waals surface area contributed by atoms with Crippen molar-refractivity contribution in [3.8, 4) is 0 Å². The number of hydrogen-bond acceptors (Lipinski definition) is 6. The molecular formula is C25H29N5OS. The van der Waals surface area contributed by atoms with Crippen molar-refractivity contribution in [1.29, 1.82) is 0 Å². The Kier molecular flexibility index (Phi) is 5.91. The number of hydrogen-bond donors (Lipinski definition) is 0. The van der Waals surface area contributed by atoms with Gasteiger partial charge in [-0.15, -0.1) is 11.3 Å². The molecule has 1 aromatic carbocycles. The predicted molar refractivity (Wildman–Crippen MR) is 127 cm³/mol. The SMILES string of the molecule is Cc1ncsc1C(=O)N1CCCC1c1nc(C)c2c(n1)N(CCc1ccccc1)CCC2. The summed E-state index contributed by atoms with van der Waals surface area (Å²) in [6, 6.07) is 10.6. The number of fused-ring (bicyclic) bond motifs is 1. The van der Waals surface area contributed by atoms with Gasteiger partial charge < -0.3 is 9.80 Å². The second-order valence-electron chi connectivity index (χ2n) is 8.72. The third-order valence-corrected chi connectivity index (χ3v) is 7.54. The highest BCUT2D eigenvalue weighted by Crippen LogP contribution is 2.35. The molecule has 7 heteroatoms. The molecule has 2 aliphatic heterocycles. The second-order valence-corrected chi connectivity index (χ2v) is 9.57. The Hall–Kier alpha value is -2.80. The molecule has 0 bridgehead atoms. The van der Waals surface area contributed by atoms with E-state index >= 15 is 0 Å². The van der Waals surface area contributed by atoms with Crippen LogP contribution in [0.25, 0.3) is 0 Å². The first kappa shape index (κ1) is 21.1. The molecule has 1 unspecified atom stereocenters. The summed E-state index contributed by atoms with van der Waals surface area (Å²) in [6.45, 7) is 6.71. The van der Waals surface area contributed by atoms with Gasteiger partial charge in [-0.3, -0.25) is 4.79 Å². The summed E-state index contributed by atoms with van der Waals surface area (Å²) in [5, 5.41) is 0. The summed E-state index contributed by atoms with van der Waals surface area (Å²) in [5.41, 5.74) is 6.22. The summed E-state index contributed by atoms with van der Waals surface area (Å²) >= 11 is 1.42. The molecule has 166 valence electrons. The van der Waals surface area contributed by atoms with Crippen molar-refractivity contribution in [2.45, 2.75) is 52.0 Å². The van der Waals surface area contributed by atoms with Gasteiger partial charge in [0.1, 0.15) is 10.7 Å². The normalized spacial score (nSPS) is 18.1. The number of carbonyl (C=O) groups excluding carboxylic acids is 1. The van der Waals surface area contributed by atoms with Crippen LogP contribution in [0.3, 0.4) is 0 Å². The second kappa shape index (κ2) is 8.98. The van der Waals surface area contributed by atoms with E-state index in [9.17, 15) is 4.79 Å². The first-order valence-electron chi connectivity index (χ1n) is 11.5. The van der Waals surface area contributed by atoms with E-state index in [1.165, 1.54) is 22.5 Å². The van der Waals surface area contributed by atoms with Gasteiger partial charge in [-0.25, -0.2) is 15.0 Å². The van der Waals surface area contributed by atoms with E-state index in [-0.39, 0.29) is 11.9 Å². The summed E-state index contributed by atoms with van der Waals surface area (Å²) in [4.78, 5) is 32.6. The average Bonchev–Trinajstić information content (AvgIpc) is 3.47. The quantitative estimate of drug-likeness (QED) is 0.575. The molecule has 1 fully saturated rings. The summed E-state index contributed by atoms with van der Waals surface area (Å²) in [6.07, 6.45) is 5.04. The Morgan fingerprint density at radius 1 is 1.09 bits per heavy atom. The van der Waals surface area contributed by atoms with E-state index < -0.39 is 0 Å². The van der Waals surface area contributed by atoms with Gasteiger partial charge in [-0.05, 0) is 51.5 Å². The number of anilines is 1. The van der Waals surface area contributed by atoms with E-state index in [2.05, 4.69) is 47.1 Å². The zero-order chi connectivity index (χ0) is 22.1. The highest BCUT2D eigenvalue weighted by Gasteiger charge is 2.35. The van der Waals surface area contributed by atoms with Crippen LogP contribution in [0.4, 0.5) is 5.82 Å². The molecule has 0 spiro atoms. The van der Waals surface area contributed by atoms with Crippen LogP contribution in [0.5, 0.6) is 0 Å². The molecule has 2 aromatic heterocycles. The minimum atomic E-state index is -0.0640. The van der Waals surface area contributed by atoms with Crippen LogP contribution in [0.2, 0.25) is 0 Å². The van der Waals surface area contributed by atoms with Crippen molar-refractivity contribution in [2.24, 2.45) is 0 Å². The Balaban J connectivity index is 1.42. The lowest BCUT2D eigenvalue weighted by Gasteiger charge is -2.32. The third-order valence-electron chi connectivity index (χ3n) is 6.63. The number of aromatic nitrogens is 3. The van der Waals surface area contributed by atoms with Crippen molar-refractivity contribution in [1.82, 2.24) is 19.9 Å². The van der Waals surface area contributed by atoms with Crippen LogP contribution in [-0.4, -0.2) is 45.4 Å². The molecule has 1 amide bonds. The van der Waals surface area contributed by atoms with Gasteiger partial charge in [0.15, 0.2) is 5.82 Å². The van der Waals surface area contributed by atoms with Crippen LogP contribution in [0, 0.1) is 13.8 Å². The molecule has 6 nitrogen and oxygen atoms in total. The number of benzene rings is 1. The largest absolute Gasteiger partial charge is 0.356 e. The lowest BCUT2D eigenvalue weighted by molar-refractivity contribution is 0.0733. The molecule has 5 rings (SSSR count). The molecule has 2 aliphatic rings. The monoisotopic (exact) mass is 447 g/mol. The zero-order valence-electron chi connectivity index (χ0n) is 18.8. The number of likely N-dealkylation sites (tertiary alicyclic amines) is 1.